The molecule has 1 aromatic carbocycles. The van der Waals surface area contributed by atoms with Crippen LogP contribution in [-0.4, -0.2) is 16.3 Å². The molecule has 0 aliphatic carbocycles. The van der Waals surface area contributed by atoms with Crippen LogP contribution < -0.4 is 10.5 Å². The first-order valence-electron chi connectivity index (χ1n) is 5.75. The van der Waals surface area contributed by atoms with Crippen LogP contribution in [0.25, 0.3) is 0 Å². The van der Waals surface area contributed by atoms with Gasteiger partial charge in [0.05, 0.1) is 12.4 Å². The molecule has 2 rings (SSSR count). The summed E-state index contributed by atoms with van der Waals surface area (Å²) in [6.07, 6.45) is 4.53. The average molecular weight is 231 g/mol. The molecule has 0 aliphatic heterocycles. The number of aryl methyl sites for hydroxylation is 2. The maximum absolute atomic E-state index is 5.68. The lowest BCUT2D eigenvalue weighted by Gasteiger charge is -2.02. The lowest BCUT2D eigenvalue weighted by Crippen LogP contribution is -2.05. The van der Waals surface area contributed by atoms with Gasteiger partial charge in [0.25, 0.3) is 0 Å². The molecule has 1 heterocycles. The van der Waals surface area contributed by atoms with Crippen LogP contribution in [0.15, 0.2) is 36.7 Å². The highest BCUT2D eigenvalue weighted by Gasteiger charge is 2.00. The lowest BCUT2D eigenvalue weighted by atomic mass is 10.2. The molecule has 0 atom stereocenters. The topological polar surface area (TPSA) is 53.1 Å². The minimum absolute atomic E-state index is 0.675. The molecule has 0 radical (unpaired) electrons. The zero-order valence-electron chi connectivity index (χ0n) is 9.97. The highest BCUT2D eigenvalue weighted by molar-refractivity contribution is 5.30. The maximum Gasteiger partial charge on any atom is 0.165 e. The lowest BCUT2D eigenvalue weighted by molar-refractivity contribution is 0.480. The minimum atomic E-state index is 0.675. The zero-order chi connectivity index (χ0) is 12.1. The van der Waals surface area contributed by atoms with Gasteiger partial charge in [-0.25, -0.2) is 0 Å². The van der Waals surface area contributed by atoms with Crippen LogP contribution in [0.3, 0.4) is 0 Å². The summed E-state index contributed by atoms with van der Waals surface area (Å²) in [5, 5.41) is 4.20. The molecule has 2 N–H and O–H groups in total. The van der Waals surface area contributed by atoms with Crippen LogP contribution in [0.1, 0.15) is 12.0 Å². The minimum Gasteiger partial charge on any atom is -0.454 e. The Morgan fingerprint density at radius 1 is 1.24 bits per heavy atom. The molecule has 1 aromatic heterocycles. The van der Waals surface area contributed by atoms with Crippen LogP contribution in [0.5, 0.6) is 11.5 Å². The molecule has 0 unspecified atom stereocenters. The molecule has 0 saturated heterocycles. The summed E-state index contributed by atoms with van der Waals surface area (Å²) < 4.78 is 7.52. The van der Waals surface area contributed by atoms with E-state index in [4.69, 9.17) is 10.5 Å². The molecule has 17 heavy (non-hydrogen) atoms. The van der Waals surface area contributed by atoms with Gasteiger partial charge in [-0.05, 0) is 32.0 Å². The van der Waals surface area contributed by atoms with Gasteiger partial charge in [-0.3, -0.25) is 4.68 Å². The summed E-state index contributed by atoms with van der Waals surface area (Å²) in [5.41, 5.74) is 6.67. The van der Waals surface area contributed by atoms with Crippen molar-refractivity contribution in [1.82, 2.24) is 9.78 Å². The first-order chi connectivity index (χ1) is 8.28. The molecular formula is C13H17N3O. The fourth-order valence-electron chi connectivity index (χ4n) is 1.52. The molecule has 2 aromatic rings. The van der Waals surface area contributed by atoms with E-state index in [0.29, 0.717) is 6.54 Å². The third-order valence-corrected chi connectivity index (χ3v) is 2.46. The van der Waals surface area contributed by atoms with Crippen molar-refractivity contribution in [2.75, 3.05) is 6.54 Å². The van der Waals surface area contributed by atoms with E-state index >= 15 is 0 Å². The third kappa shape index (κ3) is 3.32. The maximum atomic E-state index is 5.68. The molecule has 0 amide bonds. The van der Waals surface area contributed by atoms with E-state index < -0.39 is 0 Å². The van der Waals surface area contributed by atoms with Crippen molar-refractivity contribution in [2.24, 2.45) is 5.73 Å². The van der Waals surface area contributed by atoms with Crippen LogP contribution >= 0.6 is 0 Å². The summed E-state index contributed by atoms with van der Waals surface area (Å²) in [6, 6.07) is 7.95. The van der Waals surface area contributed by atoms with E-state index in [9.17, 15) is 0 Å². The Balaban J connectivity index is 1.98. The number of rotatable bonds is 5. The van der Waals surface area contributed by atoms with Crippen molar-refractivity contribution in [3.8, 4) is 11.5 Å². The molecule has 0 bridgehead atoms. The molecule has 0 saturated carbocycles. The number of hydrogen-bond donors (Lipinski definition) is 1. The van der Waals surface area contributed by atoms with E-state index in [1.807, 2.05) is 35.1 Å². The van der Waals surface area contributed by atoms with Gasteiger partial charge < -0.3 is 10.5 Å². The van der Waals surface area contributed by atoms with Gasteiger partial charge in [-0.1, -0.05) is 17.7 Å². The highest BCUT2D eigenvalue weighted by atomic mass is 16.5. The molecule has 0 aliphatic rings. The van der Waals surface area contributed by atoms with E-state index in [0.717, 1.165) is 24.5 Å². The van der Waals surface area contributed by atoms with Crippen LogP contribution in [0.4, 0.5) is 0 Å². The largest absolute Gasteiger partial charge is 0.454 e. The Kier molecular flexibility index (Phi) is 3.77. The van der Waals surface area contributed by atoms with Gasteiger partial charge in [0.15, 0.2) is 5.75 Å². The van der Waals surface area contributed by atoms with E-state index in [1.54, 1.807) is 6.20 Å². The van der Waals surface area contributed by atoms with Crippen molar-refractivity contribution in [1.29, 1.82) is 0 Å². The van der Waals surface area contributed by atoms with Gasteiger partial charge in [0.1, 0.15) is 5.75 Å². The van der Waals surface area contributed by atoms with Crippen molar-refractivity contribution in [3.63, 3.8) is 0 Å². The van der Waals surface area contributed by atoms with Crippen LogP contribution in [0, 0.1) is 6.92 Å². The van der Waals surface area contributed by atoms with Crippen LogP contribution in [0.2, 0.25) is 0 Å². The fourth-order valence-corrected chi connectivity index (χ4v) is 1.52. The molecular weight excluding hydrogens is 214 g/mol. The summed E-state index contributed by atoms with van der Waals surface area (Å²) in [7, 11) is 0. The number of ether oxygens (including phenoxy) is 1. The molecule has 4 heteroatoms. The molecule has 0 spiro atoms. The third-order valence-electron chi connectivity index (χ3n) is 2.46. The average Bonchev–Trinajstić information content (AvgIpc) is 2.77. The molecule has 4 nitrogen and oxygen atoms in total. The second kappa shape index (κ2) is 5.50. The number of hydrogen-bond acceptors (Lipinski definition) is 3. The number of nitrogens with zero attached hydrogens (tertiary/aromatic N) is 2. The van der Waals surface area contributed by atoms with Crippen molar-refractivity contribution in [2.45, 2.75) is 19.9 Å². The van der Waals surface area contributed by atoms with Crippen molar-refractivity contribution >= 4 is 0 Å². The quantitative estimate of drug-likeness (QED) is 0.859. The van der Waals surface area contributed by atoms with Gasteiger partial charge in [0, 0.05) is 6.54 Å². The second-order valence-corrected chi connectivity index (χ2v) is 4.00. The molecule has 0 fully saturated rings. The smallest absolute Gasteiger partial charge is 0.165 e. The predicted octanol–water partition coefficient (Wildman–Crippen LogP) is 2.33. The fraction of sp³-hybridized carbons (Fsp3) is 0.308. The Morgan fingerprint density at radius 2 is 2.00 bits per heavy atom. The van der Waals surface area contributed by atoms with Crippen LogP contribution in [-0.2, 0) is 6.54 Å². The van der Waals surface area contributed by atoms with Crippen molar-refractivity contribution in [3.05, 3.63) is 42.2 Å². The number of benzene rings is 1. The Hall–Kier alpha value is -1.81. The summed E-state index contributed by atoms with van der Waals surface area (Å²) in [4.78, 5) is 0. The van der Waals surface area contributed by atoms with Gasteiger partial charge in [0.2, 0.25) is 0 Å². The number of aromatic nitrogens is 2. The predicted molar refractivity (Wildman–Crippen MR) is 67.2 cm³/mol. The van der Waals surface area contributed by atoms with Gasteiger partial charge in [-0.15, -0.1) is 0 Å². The zero-order valence-corrected chi connectivity index (χ0v) is 9.97. The molecule has 90 valence electrons. The SMILES string of the molecule is Cc1ccc(Oc2cnn(CCCN)c2)cc1. The first-order valence-corrected chi connectivity index (χ1v) is 5.75. The monoisotopic (exact) mass is 231 g/mol. The van der Waals surface area contributed by atoms with E-state index in [2.05, 4.69) is 12.0 Å². The normalized spacial score (nSPS) is 10.5. The summed E-state index contributed by atoms with van der Waals surface area (Å²) >= 11 is 0. The summed E-state index contributed by atoms with van der Waals surface area (Å²) in [5.74, 6) is 1.58. The Labute approximate surface area is 101 Å². The van der Waals surface area contributed by atoms with Gasteiger partial charge in [-0.2, -0.15) is 5.10 Å². The van der Waals surface area contributed by atoms with E-state index in [1.165, 1.54) is 5.56 Å². The standard InChI is InChI=1S/C13H17N3O/c1-11-3-5-12(6-4-11)17-13-9-15-16(10-13)8-2-7-14/h3-6,9-10H,2,7-8,14H2,1H3. The number of nitrogens with two attached hydrogens (primary N) is 1. The first kappa shape index (κ1) is 11.7. The Morgan fingerprint density at radius 3 is 2.71 bits per heavy atom. The second-order valence-electron chi connectivity index (χ2n) is 4.00. The van der Waals surface area contributed by atoms with E-state index in [-0.39, 0.29) is 0 Å². The van der Waals surface area contributed by atoms with Crippen molar-refractivity contribution < 1.29 is 4.74 Å². The highest BCUT2D eigenvalue weighted by Crippen LogP contribution is 2.20. The van der Waals surface area contributed by atoms with Gasteiger partial charge >= 0.3 is 0 Å². The summed E-state index contributed by atoms with van der Waals surface area (Å²) in [6.45, 7) is 3.55. The Bertz CT molecular complexity index is 462.